The average molecular weight is 261 g/mol. The van der Waals surface area contributed by atoms with Crippen molar-refractivity contribution in [3.63, 3.8) is 0 Å². The van der Waals surface area contributed by atoms with Crippen molar-refractivity contribution in [1.82, 2.24) is 0 Å². The summed E-state index contributed by atoms with van der Waals surface area (Å²) in [6.45, 7) is 1.42. The molecule has 0 amide bonds. The number of benzene rings is 1. The Bertz CT molecular complexity index is 363. The molecule has 0 N–H and O–H groups in total. The van der Waals surface area contributed by atoms with Crippen molar-refractivity contribution >= 4 is 21.7 Å². The van der Waals surface area contributed by atoms with Crippen LogP contribution >= 0.6 is 15.9 Å². The Labute approximate surface area is 90.2 Å². The summed E-state index contributed by atoms with van der Waals surface area (Å²) in [5.41, 5.74) is 0.351. The summed E-state index contributed by atoms with van der Waals surface area (Å²) in [6.07, 6.45) is 0.0850. The number of carbonyl (C=O) groups excluding carboxylic acids is 1. The highest BCUT2D eigenvalue weighted by molar-refractivity contribution is 9.10. The van der Waals surface area contributed by atoms with Crippen molar-refractivity contribution in [1.29, 1.82) is 0 Å². The lowest BCUT2D eigenvalue weighted by molar-refractivity contribution is -0.116. The lowest BCUT2D eigenvalue weighted by Crippen LogP contribution is -2.01. The quantitative estimate of drug-likeness (QED) is 0.836. The summed E-state index contributed by atoms with van der Waals surface area (Å²) in [6, 6.07) is 3.11. The van der Waals surface area contributed by atoms with Gasteiger partial charge < -0.3 is 4.74 Å². The van der Waals surface area contributed by atoms with E-state index in [0.717, 1.165) is 0 Å². The molecule has 4 heteroatoms. The summed E-state index contributed by atoms with van der Waals surface area (Å²) < 4.78 is 19.0. The summed E-state index contributed by atoms with van der Waals surface area (Å²) in [7, 11) is 1.39. The maximum Gasteiger partial charge on any atom is 0.168 e. The first-order chi connectivity index (χ1) is 6.54. The molecule has 0 aliphatic rings. The van der Waals surface area contributed by atoms with E-state index in [4.69, 9.17) is 4.74 Å². The summed E-state index contributed by atoms with van der Waals surface area (Å²) in [4.78, 5) is 10.9. The van der Waals surface area contributed by atoms with Gasteiger partial charge in [-0.2, -0.15) is 0 Å². The third-order valence-electron chi connectivity index (χ3n) is 1.74. The van der Waals surface area contributed by atoms with Crippen LogP contribution in [0.5, 0.6) is 5.75 Å². The highest BCUT2D eigenvalue weighted by Crippen LogP contribution is 2.26. The van der Waals surface area contributed by atoms with Gasteiger partial charge in [-0.15, -0.1) is 0 Å². The highest BCUT2D eigenvalue weighted by Gasteiger charge is 2.11. The molecule has 0 bridgehead atoms. The SMILES string of the molecule is COc1cc(Br)cc(CC(C)=O)c1F. The van der Waals surface area contributed by atoms with Gasteiger partial charge in [-0.05, 0) is 19.1 Å². The van der Waals surface area contributed by atoms with Crippen molar-refractivity contribution in [2.24, 2.45) is 0 Å². The number of carbonyl (C=O) groups is 1. The minimum absolute atomic E-state index is 0.0796. The lowest BCUT2D eigenvalue weighted by atomic mass is 10.1. The molecule has 0 aliphatic heterocycles. The first kappa shape index (κ1) is 11.2. The van der Waals surface area contributed by atoms with E-state index in [1.54, 1.807) is 6.07 Å². The molecule has 0 unspecified atom stereocenters. The minimum atomic E-state index is -0.467. The third-order valence-corrected chi connectivity index (χ3v) is 2.20. The molecule has 76 valence electrons. The van der Waals surface area contributed by atoms with Gasteiger partial charge in [0, 0.05) is 16.5 Å². The van der Waals surface area contributed by atoms with Crippen LogP contribution < -0.4 is 4.74 Å². The molecule has 0 saturated carbocycles. The summed E-state index contributed by atoms with van der Waals surface area (Å²) in [5, 5.41) is 0. The maximum atomic E-state index is 13.5. The highest BCUT2D eigenvalue weighted by atomic mass is 79.9. The zero-order chi connectivity index (χ0) is 10.7. The van der Waals surface area contributed by atoms with E-state index in [2.05, 4.69) is 15.9 Å². The van der Waals surface area contributed by atoms with Crippen LogP contribution in [-0.4, -0.2) is 12.9 Å². The first-order valence-corrected chi connectivity index (χ1v) is 4.85. The van der Waals surface area contributed by atoms with Crippen LogP contribution in [0.3, 0.4) is 0 Å². The van der Waals surface area contributed by atoms with Crippen molar-refractivity contribution in [3.8, 4) is 5.75 Å². The molecule has 0 saturated heterocycles. The molecule has 0 radical (unpaired) electrons. The molecular weight excluding hydrogens is 251 g/mol. The van der Waals surface area contributed by atoms with E-state index in [1.807, 2.05) is 0 Å². The van der Waals surface area contributed by atoms with Gasteiger partial charge >= 0.3 is 0 Å². The number of hydrogen-bond acceptors (Lipinski definition) is 2. The van der Waals surface area contributed by atoms with Crippen molar-refractivity contribution in [3.05, 3.63) is 28.0 Å². The van der Waals surface area contributed by atoms with Gasteiger partial charge in [0.2, 0.25) is 0 Å². The normalized spacial score (nSPS) is 10.0. The van der Waals surface area contributed by atoms with Crippen molar-refractivity contribution < 1.29 is 13.9 Å². The molecule has 0 heterocycles. The largest absolute Gasteiger partial charge is 0.494 e. The molecule has 1 rings (SSSR count). The summed E-state index contributed by atoms with van der Waals surface area (Å²) in [5.74, 6) is -0.398. The van der Waals surface area contributed by atoms with Gasteiger partial charge in [0.25, 0.3) is 0 Å². The molecule has 2 nitrogen and oxygen atoms in total. The number of hydrogen-bond donors (Lipinski definition) is 0. The van der Waals surface area contributed by atoms with Crippen LogP contribution in [0.1, 0.15) is 12.5 Å². The van der Waals surface area contributed by atoms with Crippen LogP contribution in [0, 0.1) is 5.82 Å². The molecule has 1 aromatic carbocycles. The molecule has 0 atom stereocenters. The second-order valence-electron chi connectivity index (χ2n) is 2.96. The van der Waals surface area contributed by atoms with Crippen LogP contribution in [0.4, 0.5) is 4.39 Å². The lowest BCUT2D eigenvalue weighted by Gasteiger charge is -2.07. The fourth-order valence-electron chi connectivity index (χ4n) is 1.16. The Balaban J connectivity index is 3.15. The monoisotopic (exact) mass is 260 g/mol. The second kappa shape index (κ2) is 4.55. The fraction of sp³-hybridized carbons (Fsp3) is 0.300. The minimum Gasteiger partial charge on any atom is -0.494 e. The van der Waals surface area contributed by atoms with Crippen molar-refractivity contribution in [2.75, 3.05) is 7.11 Å². The number of rotatable bonds is 3. The van der Waals surface area contributed by atoms with E-state index in [1.165, 1.54) is 20.1 Å². The third kappa shape index (κ3) is 2.54. The Morgan fingerprint density at radius 3 is 2.71 bits per heavy atom. The van der Waals surface area contributed by atoms with Gasteiger partial charge in [-0.25, -0.2) is 4.39 Å². The maximum absolute atomic E-state index is 13.5. The van der Waals surface area contributed by atoms with Crippen LogP contribution in [-0.2, 0) is 11.2 Å². The van der Waals surface area contributed by atoms with E-state index in [-0.39, 0.29) is 18.0 Å². The molecule has 1 aromatic rings. The average Bonchev–Trinajstić information content (AvgIpc) is 2.09. The first-order valence-electron chi connectivity index (χ1n) is 4.06. The van der Waals surface area contributed by atoms with Gasteiger partial charge in [-0.3, -0.25) is 4.79 Å². The second-order valence-corrected chi connectivity index (χ2v) is 3.88. The number of halogens is 2. The molecular formula is C10H10BrFO2. The zero-order valence-electron chi connectivity index (χ0n) is 7.93. The molecule has 14 heavy (non-hydrogen) atoms. The Hall–Kier alpha value is -0.900. The number of Topliss-reactive ketones (excluding diaryl/α,β-unsaturated/α-hetero) is 1. The smallest absolute Gasteiger partial charge is 0.168 e. The predicted molar refractivity (Wildman–Crippen MR) is 55.0 cm³/mol. The van der Waals surface area contributed by atoms with E-state index in [0.29, 0.717) is 10.0 Å². The van der Waals surface area contributed by atoms with Gasteiger partial charge in [0.15, 0.2) is 11.6 Å². The van der Waals surface area contributed by atoms with E-state index in [9.17, 15) is 9.18 Å². The molecule has 0 spiro atoms. The summed E-state index contributed by atoms with van der Waals surface area (Å²) >= 11 is 3.22. The standard InChI is InChI=1S/C10H10BrFO2/c1-6(13)3-7-4-8(11)5-9(14-2)10(7)12/h4-5H,3H2,1-2H3. The molecule has 0 fully saturated rings. The molecule has 0 aliphatic carbocycles. The van der Waals surface area contributed by atoms with Gasteiger partial charge in [0.1, 0.15) is 5.78 Å². The van der Waals surface area contributed by atoms with Crippen molar-refractivity contribution in [2.45, 2.75) is 13.3 Å². The fourth-order valence-corrected chi connectivity index (χ4v) is 1.65. The number of ether oxygens (including phenoxy) is 1. The van der Waals surface area contributed by atoms with E-state index < -0.39 is 5.82 Å². The Kier molecular flexibility index (Phi) is 3.63. The predicted octanol–water partition coefficient (Wildman–Crippen LogP) is 2.73. The van der Waals surface area contributed by atoms with Gasteiger partial charge in [-0.1, -0.05) is 15.9 Å². The Morgan fingerprint density at radius 1 is 1.57 bits per heavy atom. The van der Waals surface area contributed by atoms with Gasteiger partial charge in [0.05, 0.1) is 7.11 Å². The van der Waals surface area contributed by atoms with Crippen LogP contribution in [0.15, 0.2) is 16.6 Å². The molecule has 0 aromatic heterocycles. The zero-order valence-corrected chi connectivity index (χ0v) is 9.52. The topological polar surface area (TPSA) is 26.3 Å². The number of methoxy groups -OCH3 is 1. The van der Waals surface area contributed by atoms with Crippen LogP contribution in [0.25, 0.3) is 0 Å². The van der Waals surface area contributed by atoms with Crippen LogP contribution in [0.2, 0.25) is 0 Å². The Morgan fingerprint density at radius 2 is 2.21 bits per heavy atom. The van der Waals surface area contributed by atoms with E-state index >= 15 is 0 Å². The number of ketones is 1.